The summed E-state index contributed by atoms with van der Waals surface area (Å²) < 4.78 is 54.2. The zero-order valence-corrected chi connectivity index (χ0v) is 20.0. The van der Waals surface area contributed by atoms with Gasteiger partial charge in [0.1, 0.15) is 0 Å². The van der Waals surface area contributed by atoms with E-state index in [4.69, 9.17) is 0 Å². The fourth-order valence-electron chi connectivity index (χ4n) is 4.32. The Kier molecular flexibility index (Phi) is 6.15. The molecule has 10 heteroatoms. The molecule has 2 rings (SSSR count). The Morgan fingerprint density at radius 1 is 1.07 bits per heavy atom. The second kappa shape index (κ2) is 7.55. The van der Waals surface area contributed by atoms with E-state index < -0.39 is 25.6 Å². The van der Waals surface area contributed by atoms with Crippen molar-refractivity contribution in [2.24, 2.45) is 0 Å². The first kappa shape index (κ1) is 23.6. The molecule has 1 fully saturated rings. The molecule has 0 aliphatic carbocycles. The van der Waals surface area contributed by atoms with Crippen molar-refractivity contribution >= 4 is 31.6 Å². The SMILES string of the molecule is Cc1cc(C)c(S(=O)(=O)N2CC(=O)N(C(C)C)C(C)(C)C2)c(C)c1NS(C)(=O)=O. The van der Waals surface area contributed by atoms with Gasteiger partial charge in [-0.2, -0.15) is 4.31 Å². The van der Waals surface area contributed by atoms with Crippen LogP contribution in [0.3, 0.4) is 0 Å². The summed E-state index contributed by atoms with van der Waals surface area (Å²) in [6.45, 7) is 12.4. The lowest BCUT2D eigenvalue weighted by Gasteiger charge is -2.48. The fraction of sp³-hybridized carbons (Fsp3) is 0.632. The van der Waals surface area contributed by atoms with E-state index in [2.05, 4.69) is 4.72 Å². The summed E-state index contributed by atoms with van der Waals surface area (Å²) in [5.74, 6) is -0.253. The van der Waals surface area contributed by atoms with Crippen molar-refractivity contribution in [3.05, 3.63) is 22.8 Å². The van der Waals surface area contributed by atoms with E-state index >= 15 is 0 Å². The number of hydrogen-bond acceptors (Lipinski definition) is 5. The topological polar surface area (TPSA) is 104 Å². The molecule has 1 N–H and O–H groups in total. The molecule has 1 aromatic carbocycles. The zero-order valence-electron chi connectivity index (χ0n) is 18.3. The highest BCUT2D eigenvalue weighted by atomic mass is 32.2. The van der Waals surface area contributed by atoms with Crippen LogP contribution >= 0.6 is 0 Å². The molecule has 1 aliphatic rings. The van der Waals surface area contributed by atoms with Gasteiger partial charge in [0.05, 0.1) is 28.9 Å². The molecular weight excluding hydrogens is 414 g/mol. The van der Waals surface area contributed by atoms with Gasteiger partial charge >= 0.3 is 0 Å². The number of piperazine rings is 1. The van der Waals surface area contributed by atoms with Crippen molar-refractivity contribution in [2.75, 3.05) is 24.1 Å². The van der Waals surface area contributed by atoms with Gasteiger partial charge in [-0.1, -0.05) is 6.07 Å². The number of nitrogens with zero attached hydrogens (tertiary/aromatic N) is 2. The lowest BCUT2D eigenvalue weighted by atomic mass is 9.98. The Hall–Kier alpha value is -1.65. The zero-order chi connectivity index (χ0) is 22.5. The number of benzene rings is 1. The molecule has 164 valence electrons. The van der Waals surface area contributed by atoms with Gasteiger partial charge < -0.3 is 4.90 Å². The standard InChI is InChI=1S/C19H31N3O5S2/c1-12(2)22-16(23)10-21(11-19(22,6)7)29(26,27)18-14(4)9-13(3)17(15(18)5)20-28(8,24)25/h9,12,20H,10-11H2,1-8H3. The van der Waals surface area contributed by atoms with Crippen molar-refractivity contribution in [1.82, 2.24) is 9.21 Å². The maximum Gasteiger partial charge on any atom is 0.244 e. The molecular formula is C19H31N3O5S2. The van der Waals surface area contributed by atoms with Crippen LogP contribution in [0.1, 0.15) is 44.4 Å². The summed E-state index contributed by atoms with van der Waals surface area (Å²) in [7, 11) is -7.61. The van der Waals surface area contributed by atoms with Crippen LogP contribution in [0, 0.1) is 20.8 Å². The highest BCUT2D eigenvalue weighted by Gasteiger charge is 2.44. The molecule has 0 bridgehead atoms. The van der Waals surface area contributed by atoms with Crippen LogP contribution in [0.25, 0.3) is 0 Å². The molecule has 29 heavy (non-hydrogen) atoms. The van der Waals surface area contributed by atoms with Crippen molar-refractivity contribution in [2.45, 2.75) is 64.9 Å². The molecule has 1 aliphatic heterocycles. The van der Waals surface area contributed by atoms with Crippen LogP contribution in [0.4, 0.5) is 5.69 Å². The number of rotatable bonds is 5. The minimum Gasteiger partial charge on any atom is -0.333 e. The van der Waals surface area contributed by atoms with E-state index in [0.717, 1.165) is 6.26 Å². The summed E-state index contributed by atoms with van der Waals surface area (Å²) in [4.78, 5) is 14.5. The molecule has 0 aromatic heterocycles. The van der Waals surface area contributed by atoms with Crippen LogP contribution in [-0.4, -0.2) is 62.9 Å². The number of sulfonamides is 2. The Labute approximate surface area is 174 Å². The van der Waals surface area contributed by atoms with Crippen molar-refractivity contribution < 1.29 is 21.6 Å². The molecule has 0 radical (unpaired) electrons. The summed E-state index contributed by atoms with van der Waals surface area (Å²) in [5, 5.41) is 0. The molecule has 0 spiro atoms. The summed E-state index contributed by atoms with van der Waals surface area (Å²) >= 11 is 0. The lowest BCUT2D eigenvalue weighted by Crippen LogP contribution is -2.64. The summed E-state index contributed by atoms with van der Waals surface area (Å²) in [6.07, 6.45) is 1.02. The van der Waals surface area contributed by atoms with Gasteiger partial charge in [-0.3, -0.25) is 9.52 Å². The van der Waals surface area contributed by atoms with E-state index in [0.29, 0.717) is 16.7 Å². The third-order valence-electron chi connectivity index (χ3n) is 5.10. The maximum absolute atomic E-state index is 13.5. The van der Waals surface area contributed by atoms with Crippen LogP contribution < -0.4 is 4.72 Å². The van der Waals surface area contributed by atoms with Crippen LogP contribution in [0.5, 0.6) is 0 Å². The van der Waals surface area contributed by atoms with Crippen molar-refractivity contribution in [3.63, 3.8) is 0 Å². The molecule has 0 unspecified atom stereocenters. The van der Waals surface area contributed by atoms with Gasteiger partial charge in [0, 0.05) is 12.6 Å². The predicted molar refractivity (Wildman–Crippen MR) is 114 cm³/mol. The van der Waals surface area contributed by atoms with E-state index in [-0.39, 0.29) is 35.6 Å². The number of anilines is 1. The minimum absolute atomic E-state index is 0.0378. The number of aryl methyl sites for hydroxylation is 2. The largest absolute Gasteiger partial charge is 0.333 e. The van der Waals surface area contributed by atoms with E-state index in [9.17, 15) is 21.6 Å². The van der Waals surface area contributed by atoms with Crippen molar-refractivity contribution in [3.8, 4) is 0 Å². The Morgan fingerprint density at radius 3 is 2.07 bits per heavy atom. The third-order valence-corrected chi connectivity index (χ3v) is 7.76. The van der Waals surface area contributed by atoms with Gasteiger partial charge in [0.25, 0.3) is 0 Å². The molecule has 0 saturated carbocycles. The minimum atomic E-state index is -4.02. The molecule has 1 amide bonds. The molecule has 1 heterocycles. The third kappa shape index (κ3) is 4.59. The molecule has 1 aromatic rings. The van der Waals surface area contributed by atoms with E-state index in [1.165, 1.54) is 4.31 Å². The Morgan fingerprint density at radius 2 is 1.62 bits per heavy atom. The first-order chi connectivity index (χ1) is 13.0. The maximum atomic E-state index is 13.5. The average Bonchev–Trinajstić information content (AvgIpc) is 2.47. The second-order valence-electron chi connectivity index (χ2n) is 8.66. The number of carbonyl (C=O) groups is 1. The van der Waals surface area contributed by atoms with Gasteiger partial charge in [-0.15, -0.1) is 0 Å². The van der Waals surface area contributed by atoms with Crippen LogP contribution in [0.2, 0.25) is 0 Å². The van der Waals surface area contributed by atoms with Gasteiger partial charge in [-0.05, 0) is 65.2 Å². The van der Waals surface area contributed by atoms with Crippen LogP contribution in [0.15, 0.2) is 11.0 Å². The molecule has 8 nitrogen and oxygen atoms in total. The smallest absolute Gasteiger partial charge is 0.244 e. The number of hydrogen-bond donors (Lipinski definition) is 1. The quantitative estimate of drug-likeness (QED) is 0.747. The Bertz CT molecular complexity index is 1040. The van der Waals surface area contributed by atoms with Gasteiger partial charge in [0.15, 0.2) is 0 Å². The van der Waals surface area contributed by atoms with Crippen molar-refractivity contribution in [1.29, 1.82) is 0 Å². The fourth-order valence-corrected chi connectivity index (χ4v) is 6.99. The van der Waals surface area contributed by atoms with E-state index in [1.807, 2.05) is 27.7 Å². The Balaban J connectivity index is 2.60. The van der Waals surface area contributed by atoms with Crippen LogP contribution in [-0.2, 0) is 24.8 Å². The lowest BCUT2D eigenvalue weighted by molar-refractivity contribution is -0.144. The highest BCUT2D eigenvalue weighted by molar-refractivity contribution is 7.92. The van der Waals surface area contributed by atoms with Gasteiger partial charge in [0.2, 0.25) is 26.0 Å². The summed E-state index contributed by atoms with van der Waals surface area (Å²) in [5.41, 5.74) is 1.05. The molecule has 1 saturated heterocycles. The summed E-state index contributed by atoms with van der Waals surface area (Å²) in [6, 6.07) is 1.60. The number of amides is 1. The monoisotopic (exact) mass is 445 g/mol. The number of nitrogens with one attached hydrogen (secondary N) is 1. The van der Waals surface area contributed by atoms with E-state index in [1.54, 1.807) is 31.7 Å². The molecule has 0 atom stereocenters. The normalized spacial score (nSPS) is 18.4. The highest BCUT2D eigenvalue weighted by Crippen LogP contribution is 2.35. The number of carbonyl (C=O) groups excluding carboxylic acids is 1. The first-order valence-electron chi connectivity index (χ1n) is 9.40. The second-order valence-corrected chi connectivity index (χ2v) is 12.3. The predicted octanol–water partition coefficient (Wildman–Crippen LogP) is 2.00. The van der Waals surface area contributed by atoms with Gasteiger partial charge in [-0.25, -0.2) is 16.8 Å². The average molecular weight is 446 g/mol. The first-order valence-corrected chi connectivity index (χ1v) is 12.7.